The minimum Gasteiger partial charge on any atom is -0.379 e. The predicted molar refractivity (Wildman–Crippen MR) is 82.6 cm³/mol. The van der Waals surface area contributed by atoms with Gasteiger partial charge in [-0.15, -0.1) is 0 Å². The summed E-state index contributed by atoms with van der Waals surface area (Å²) in [7, 11) is 0. The highest BCUT2D eigenvalue weighted by atomic mass is 79.9. The van der Waals surface area contributed by atoms with Crippen molar-refractivity contribution in [2.75, 3.05) is 32.8 Å². The van der Waals surface area contributed by atoms with E-state index >= 15 is 0 Å². The van der Waals surface area contributed by atoms with Crippen LogP contribution in [0.15, 0.2) is 35.1 Å². The third kappa shape index (κ3) is 3.70. The highest BCUT2D eigenvalue weighted by molar-refractivity contribution is 9.10. The van der Waals surface area contributed by atoms with Crippen molar-refractivity contribution >= 4 is 15.9 Å². The number of hydrogen-bond acceptors (Lipinski definition) is 3. The number of nitrogens with zero attached hydrogens (tertiary/aromatic N) is 3. The number of rotatable bonds is 4. The highest BCUT2D eigenvalue weighted by Gasteiger charge is 2.12. The summed E-state index contributed by atoms with van der Waals surface area (Å²) in [5, 5.41) is 0. The van der Waals surface area contributed by atoms with Crippen LogP contribution in [0.25, 0.3) is 11.4 Å². The van der Waals surface area contributed by atoms with Gasteiger partial charge < -0.3 is 9.30 Å². The Balaban J connectivity index is 1.74. The zero-order valence-corrected chi connectivity index (χ0v) is 13.2. The number of aromatic nitrogens is 2. The Bertz CT molecular complexity index is 590. The first kappa shape index (κ1) is 14.7. The zero-order chi connectivity index (χ0) is 14.7. The Hall–Kier alpha value is -1.24. The summed E-state index contributed by atoms with van der Waals surface area (Å²) in [6.45, 7) is 5.32. The molecule has 4 nitrogen and oxygen atoms in total. The van der Waals surface area contributed by atoms with Crippen molar-refractivity contribution in [1.82, 2.24) is 14.5 Å². The van der Waals surface area contributed by atoms with E-state index in [0.29, 0.717) is 0 Å². The van der Waals surface area contributed by atoms with Gasteiger partial charge in [-0.3, -0.25) is 4.90 Å². The number of hydrogen-bond donors (Lipinski definition) is 0. The molecule has 3 rings (SSSR count). The molecule has 0 aliphatic carbocycles. The van der Waals surface area contributed by atoms with Crippen LogP contribution in [-0.2, 0) is 11.3 Å². The Morgan fingerprint density at radius 1 is 1.19 bits per heavy atom. The average Bonchev–Trinajstić information content (AvgIpc) is 2.93. The van der Waals surface area contributed by atoms with Crippen molar-refractivity contribution in [3.8, 4) is 11.4 Å². The lowest BCUT2D eigenvalue weighted by Gasteiger charge is -2.26. The zero-order valence-electron chi connectivity index (χ0n) is 11.6. The third-order valence-electron chi connectivity index (χ3n) is 3.60. The molecule has 0 saturated carbocycles. The van der Waals surface area contributed by atoms with Crippen molar-refractivity contribution in [2.24, 2.45) is 0 Å². The molecule has 1 saturated heterocycles. The molecule has 2 aromatic rings. The molecule has 1 aromatic carbocycles. The molecule has 2 heterocycles. The molecule has 1 aliphatic heterocycles. The summed E-state index contributed by atoms with van der Waals surface area (Å²) in [5.41, 5.74) is 0.786. The maximum absolute atomic E-state index is 13.5. The van der Waals surface area contributed by atoms with Gasteiger partial charge in [-0.05, 0) is 18.2 Å². The largest absolute Gasteiger partial charge is 0.379 e. The first-order valence-corrected chi connectivity index (χ1v) is 7.79. The van der Waals surface area contributed by atoms with Gasteiger partial charge in [-0.1, -0.05) is 15.9 Å². The maximum atomic E-state index is 13.5. The molecule has 6 heteroatoms. The van der Waals surface area contributed by atoms with Crippen molar-refractivity contribution in [1.29, 1.82) is 0 Å². The minimum absolute atomic E-state index is 0.262. The normalized spacial score (nSPS) is 16.3. The fourth-order valence-electron chi connectivity index (χ4n) is 2.51. The fraction of sp³-hybridized carbons (Fsp3) is 0.400. The van der Waals surface area contributed by atoms with Gasteiger partial charge in [0.25, 0.3) is 0 Å². The summed E-state index contributed by atoms with van der Waals surface area (Å²) in [4.78, 5) is 6.73. The number of halogens is 2. The summed E-state index contributed by atoms with van der Waals surface area (Å²) in [6, 6.07) is 4.85. The molecular formula is C15H17BrFN3O. The fourth-order valence-corrected chi connectivity index (χ4v) is 2.97. The number of ether oxygens (including phenoxy) is 1. The monoisotopic (exact) mass is 353 g/mol. The van der Waals surface area contributed by atoms with Crippen molar-refractivity contribution in [2.45, 2.75) is 6.54 Å². The van der Waals surface area contributed by atoms with Gasteiger partial charge in [0.1, 0.15) is 11.6 Å². The second kappa shape index (κ2) is 6.68. The van der Waals surface area contributed by atoms with Gasteiger partial charge in [-0.25, -0.2) is 9.37 Å². The molecule has 0 amide bonds. The first-order valence-electron chi connectivity index (χ1n) is 7.00. The van der Waals surface area contributed by atoms with Crippen LogP contribution in [0.3, 0.4) is 0 Å². The molecule has 1 fully saturated rings. The van der Waals surface area contributed by atoms with Gasteiger partial charge in [0.15, 0.2) is 0 Å². The Labute approximate surface area is 131 Å². The number of benzene rings is 1. The molecule has 0 unspecified atom stereocenters. The van der Waals surface area contributed by atoms with Crippen molar-refractivity contribution in [3.63, 3.8) is 0 Å². The minimum atomic E-state index is -0.262. The molecule has 112 valence electrons. The number of morpholine rings is 1. The van der Waals surface area contributed by atoms with E-state index in [-0.39, 0.29) is 5.82 Å². The molecule has 0 atom stereocenters. The third-order valence-corrected chi connectivity index (χ3v) is 4.05. The molecule has 0 spiro atoms. The van der Waals surface area contributed by atoms with E-state index in [9.17, 15) is 4.39 Å². The standard InChI is InChI=1S/C15H17BrFN3O/c16-13-9-12(10-14(17)11-13)15-18-1-2-20(15)4-3-19-5-7-21-8-6-19/h1-2,9-11H,3-8H2. The Morgan fingerprint density at radius 2 is 2.00 bits per heavy atom. The summed E-state index contributed by atoms with van der Waals surface area (Å²) in [6.07, 6.45) is 3.70. The van der Waals surface area contributed by atoms with E-state index in [4.69, 9.17) is 4.74 Å². The van der Waals surface area contributed by atoms with Crippen LogP contribution in [0.1, 0.15) is 0 Å². The lowest BCUT2D eigenvalue weighted by Crippen LogP contribution is -2.38. The second-order valence-corrected chi connectivity index (χ2v) is 5.97. The molecular weight excluding hydrogens is 337 g/mol. The maximum Gasteiger partial charge on any atom is 0.140 e. The van der Waals surface area contributed by atoms with Gasteiger partial charge >= 0.3 is 0 Å². The molecule has 0 N–H and O–H groups in total. The molecule has 21 heavy (non-hydrogen) atoms. The van der Waals surface area contributed by atoms with E-state index in [1.54, 1.807) is 6.20 Å². The van der Waals surface area contributed by atoms with Crippen LogP contribution in [0.4, 0.5) is 4.39 Å². The van der Waals surface area contributed by atoms with Crippen molar-refractivity contribution < 1.29 is 9.13 Å². The summed E-state index contributed by atoms with van der Waals surface area (Å²) in [5.74, 6) is 0.533. The van der Waals surface area contributed by atoms with E-state index in [1.807, 2.05) is 12.3 Å². The van der Waals surface area contributed by atoms with E-state index in [1.165, 1.54) is 12.1 Å². The lowest BCUT2D eigenvalue weighted by atomic mass is 10.2. The van der Waals surface area contributed by atoms with E-state index in [2.05, 4.69) is 30.4 Å². The quantitative estimate of drug-likeness (QED) is 0.846. The predicted octanol–water partition coefficient (Wildman–Crippen LogP) is 2.78. The first-order chi connectivity index (χ1) is 10.2. The van der Waals surface area contributed by atoms with Crippen LogP contribution >= 0.6 is 15.9 Å². The molecule has 1 aromatic heterocycles. The Kier molecular flexibility index (Phi) is 4.67. The van der Waals surface area contributed by atoms with Crippen LogP contribution in [0.2, 0.25) is 0 Å². The average molecular weight is 354 g/mol. The van der Waals surface area contributed by atoms with E-state index in [0.717, 1.165) is 55.3 Å². The van der Waals surface area contributed by atoms with Crippen LogP contribution in [-0.4, -0.2) is 47.3 Å². The van der Waals surface area contributed by atoms with Crippen molar-refractivity contribution in [3.05, 3.63) is 40.9 Å². The number of imidazole rings is 1. The van der Waals surface area contributed by atoms with Crippen LogP contribution in [0, 0.1) is 5.82 Å². The van der Waals surface area contributed by atoms with Gasteiger partial charge in [0, 0.05) is 48.6 Å². The Morgan fingerprint density at radius 3 is 2.76 bits per heavy atom. The van der Waals surface area contributed by atoms with Gasteiger partial charge in [0.2, 0.25) is 0 Å². The lowest BCUT2D eigenvalue weighted by molar-refractivity contribution is 0.0364. The van der Waals surface area contributed by atoms with Crippen LogP contribution in [0.5, 0.6) is 0 Å². The van der Waals surface area contributed by atoms with Gasteiger partial charge in [0.05, 0.1) is 13.2 Å². The van der Waals surface area contributed by atoms with Crippen LogP contribution < -0.4 is 0 Å². The summed E-state index contributed by atoms with van der Waals surface area (Å²) >= 11 is 3.33. The summed E-state index contributed by atoms with van der Waals surface area (Å²) < 4.78 is 21.7. The van der Waals surface area contributed by atoms with Gasteiger partial charge in [-0.2, -0.15) is 0 Å². The second-order valence-electron chi connectivity index (χ2n) is 5.06. The highest BCUT2D eigenvalue weighted by Crippen LogP contribution is 2.23. The topological polar surface area (TPSA) is 30.3 Å². The molecule has 1 aliphatic rings. The molecule has 0 radical (unpaired) electrons. The molecule has 0 bridgehead atoms. The SMILES string of the molecule is Fc1cc(Br)cc(-c2nccn2CCN2CCOCC2)c1. The van der Waals surface area contributed by atoms with E-state index < -0.39 is 0 Å². The smallest absolute Gasteiger partial charge is 0.140 e.